The first kappa shape index (κ1) is 15.1. The van der Waals surface area contributed by atoms with Gasteiger partial charge in [-0.1, -0.05) is 12.8 Å². The van der Waals surface area contributed by atoms with Gasteiger partial charge < -0.3 is 4.74 Å². The number of rotatable bonds is 7. The minimum atomic E-state index is -3.38. The van der Waals surface area contributed by atoms with Crippen LogP contribution in [0.5, 0.6) is 0 Å². The van der Waals surface area contributed by atoms with Crippen molar-refractivity contribution in [1.82, 2.24) is 0 Å². The molecular weight excluding hydrogens is 256 g/mol. The van der Waals surface area contributed by atoms with Crippen LogP contribution >= 0.6 is 0 Å². The third-order valence-corrected chi connectivity index (χ3v) is 4.73. The molecule has 1 saturated carbocycles. The highest BCUT2D eigenvalue weighted by Gasteiger charge is 2.25. The molecule has 0 amide bonds. The lowest BCUT2D eigenvalue weighted by atomic mass is 10.1. The monoisotopic (exact) mass is 276 g/mol. The molecule has 5 nitrogen and oxygen atoms in total. The lowest BCUT2D eigenvalue weighted by Crippen LogP contribution is -2.24. The van der Waals surface area contributed by atoms with E-state index in [9.17, 15) is 18.0 Å². The molecule has 0 unspecified atom stereocenters. The quantitative estimate of drug-likeness (QED) is 0.514. The standard InChI is InChI=1S/C12H20O5S/c1-2-17-12(14)7-11(13)9-18(15,16)8-10-5-3-4-6-10/h10H,2-9H2,1H3. The largest absolute Gasteiger partial charge is 0.466 e. The molecule has 0 atom stereocenters. The summed E-state index contributed by atoms with van der Waals surface area (Å²) in [4.78, 5) is 22.5. The highest BCUT2D eigenvalue weighted by atomic mass is 32.2. The van der Waals surface area contributed by atoms with Crippen molar-refractivity contribution < 1.29 is 22.7 Å². The van der Waals surface area contributed by atoms with Crippen LogP contribution in [0.4, 0.5) is 0 Å². The van der Waals surface area contributed by atoms with Crippen molar-refractivity contribution in [2.75, 3.05) is 18.1 Å². The highest BCUT2D eigenvalue weighted by molar-refractivity contribution is 7.92. The molecule has 0 aliphatic heterocycles. The van der Waals surface area contributed by atoms with Gasteiger partial charge in [0.2, 0.25) is 0 Å². The van der Waals surface area contributed by atoms with Gasteiger partial charge in [0.1, 0.15) is 12.2 Å². The molecule has 0 saturated heterocycles. The number of carbonyl (C=O) groups excluding carboxylic acids is 2. The fraction of sp³-hybridized carbons (Fsp3) is 0.833. The molecule has 1 rings (SSSR count). The first-order chi connectivity index (χ1) is 8.43. The van der Waals surface area contributed by atoms with Crippen LogP contribution in [0, 0.1) is 5.92 Å². The van der Waals surface area contributed by atoms with Crippen molar-refractivity contribution >= 4 is 21.6 Å². The Bertz CT molecular complexity index is 393. The number of hydrogen-bond donors (Lipinski definition) is 0. The number of hydrogen-bond acceptors (Lipinski definition) is 5. The average molecular weight is 276 g/mol. The molecule has 0 aromatic rings. The van der Waals surface area contributed by atoms with Crippen molar-refractivity contribution in [3.63, 3.8) is 0 Å². The molecule has 1 fully saturated rings. The summed E-state index contributed by atoms with van der Waals surface area (Å²) in [5.41, 5.74) is 0. The molecule has 18 heavy (non-hydrogen) atoms. The molecule has 1 aliphatic rings. The van der Waals surface area contributed by atoms with E-state index in [1.54, 1.807) is 6.92 Å². The zero-order valence-electron chi connectivity index (χ0n) is 10.7. The van der Waals surface area contributed by atoms with Crippen LogP contribution in [0.15, 0.2) is 0 Å². The van der Waals surface area contributed by atoms with Crippen molar-refractivity contribution in [1.29, 1.82) is 0 Å². The average Bonchev–Trinajstić information content (AvgIpc) is 2.67. The number of carbonyl (C=O) groups is 2. The molecule has 0 bridgehead atoms. The SMILES string of the molecule is CCOC(=O)CC(=O)CS(=O)(=O)CC1CCCC1. The Labute approximate surface area is 108 Å². The smallest absolute Gasteiger partial charge is 0.313 e. The Morgan fingerprint density at radius 3 is 2.39 bits per heavy atom. The summed E-state index contributed by atoms with van der Waals surface area (Å²) in [5, 5.41) is 0. The van der Waals surface area contributed by atoms with E-state index >= 15 is 0 Å². The predicted molar refractivity (Wildman–Crippen MR) is 66.9 cm³/mol. The molecule has 0 spiro atoms. The molecular formula is C12H20O5S. The summed E-state index contributed by atoms with van der Waals surface area (Å²) in [6.07, 6.45) is 3.53. The van der Waals surface area contributed by atoms with E-state index in [0.29, 0.717) is 0 Å². The number of ether oxygens (including phenoxy) is 1. The number of Topliss-reactive ketones (excluding diaryl/α,β-unsaturated/α-hetero) is 1. The minimum absolute atomic E-state index is 0.0710. The summed E-state index contributed by atoms with van der Waals surface area (Å²) in [6.45, 7) is 1.83. The van der Waals surface area contributed by atoms with Crippen LogP contribution in [0.2, 0.25) is 0 Å². The normalized spacial score (nSPS) is 16.7. The third kappa shape index (κ3) is 5.62. The molecule has 0 radical (unpaired) electrons. The first-order valence-corrected chi connectivity index (χ1v) is 8.13. The van der Waals surface area contributed by atoms with Crippen molar-refractivity contribution in [2.24, 2.45) is 5.92 Å². The second kappa shape index (κ2) is 6.87. The lowest BCUT2D eigenvalue weighted by Gasteiger charge is -2.09. The van der Waals surface area contributed by atoms with Gasteiger partial charge in [-0.15, -0.1) is 0 Å². The Morgan fingerprint density at radius 1 is 1.22 bits per heavy atom. The van der Waals surface area contributed by atoms with E-state index in [1.165, 1.54) is 0 Å². The fourth-order valence-corrected chi connectivity index (χ4v) is 4.03. The van der Waals surface area contributed by atoms with Gasteiger partial charge in [-0.05, 0) is 25.7 Å². The number of sulfone groups is 1. The minimum Gasteiger partial charge on any atom is -0.466 e. The van der Waals surface area contributed by atoms with Crippen LogP contribution in [0.3, 0.4) is 0 Å². The van der Waals surface area contributed by atoms with Crippen LogP contribution in [0.25, 0.3) is 0 Å². The third-order valence-electron chi connectivity index (χ3n) is 2.99. The summed E-state index contributed by atoms with van der Waals surface area (Å²) < 4.78 is 28.1. The lowest BCUT2D eigenvalue weighted by molar-refractivity contribution is -0.145. The molecule has 0 N–H and O–H groups in total. The van der Waals surface area contributed by atoms with Crippen LogP contribution < -0.4 is 0 Å². The van der Waals surface area contributed by atoms with Crippen molar-refractivity contribution in [2.45, 2.75) is 39.0 Å². The van der Waals surface area contributed by atoms with E-state index in [2.05, 4.69) is 4.74 Å². The Kier molecular flexibility index (Phi) is 5.78. The molecule has 6 heteroatoms. The van der Waals surface area contributed by atoms with Crippen LogP contribution in [0.1, 0.15) is 39.0 Å². The second-order valence-corrected chi connectivity index (χ2v) is 6.83. The predicted octanol–water partition coefficient (Wildman–Crippen LogP) is 1.11. The maximum absolute atomic E-state index is 11.8. The van der Waals surface area contributed by atoms with Crippen LogP contribution in [-0.4, -0.2) is 38.3 Å². The first-order valence-electron chi connectivity index (χ1n) is 6.30. The highest BCUT2D eigenvalue weighted by Crippen LogP contribution is 2.26. The molecule has 104 valence electrons. The van der Waals surface area contributed by atoms with Crippen molar-refractivity contribution in [3.8, 4) is 0 Å². The zero-order chi connectivity index (χ0) is 13.6. The zero-order valence-corrected chi connectivity index (χ0v) is 11.5. The van der Waals surface area contributed by atoms with E-state index in [4.69, 9.17) is 0 Å². The van der Waals surface area contributed by atoms with E-state index in [1.807, 2.05) is 0 Å². The second-order valence-electron chi connectivity index (χ2n) is 4.73. The van der Waals surface area contributed by atoms with Gasteiger partial charge in [0, 0.05) is 0 Å². The molecule has 0 heterocycles. The van der Waals surface area contributed by atoms with E-state index < -0.39 is 33.8 Å². The van der Waals surface area contributed by atoms with Crippen LogP contribution in [-0.2, 0) is 24.2 Å². The van der Waals surface area contributed by atoms with Gasteiger partial charge in [0.25, 0.3) is 0 Å². The Balaban J connectivity index is 2.39. The van der Waals surface area contributed by atoms with Gasteiger partial charge in [-0.25, -0.2) is 8.42 Å². The van der Waals surface area contributed by atoms with Crippen molar-refractivity contribution in [3.05, 3.63) is 0 Å². The Hall–Kier alpha value is -0.910. The summed E-state index contributed by atoms with van der Waals surface area (Å²) >= 11 is 0. The number of esters is 1. The molecule has 0 aromatic carbocycles. The maximum Gasteiger partial charge on any atom is 0.313 e. The fourth-order valence-electron chi connectivity index (χ4n) is 2.26. The maximum atomic E-state index is 11.8. The van der Waals surface area contributed by atoms with Gasteiger partial charge in [0.05, 0.1) is 12.4 Å². The topological polar surface area (TPSA) is 77.5 Å². The van der Waals surface area contributed by atoms with E-state index in [0.717, 1.165) is 25.7 Å². The summed E-state index contributed by atoms with van der Waals surface area (Å²) in [6, 6.07) is 0. The summed E-state index contributed by atoms with van der Waals surface area (Å²) in [7, 11) is -3.38. The summed E-state index contributed by atoms with van der Waals surface area (Å²) in [5.74, 6) is -1.51. The molecule has 1 aliphatic carbocycles. The van der Waals surface area contributed by atoms with Gasteiger partial charge in [-0.2, -0.15) is 0 Å². The van der Waals surface area contributed by atoms with Gasteiger partial charge in [-0.3, -0.25) is 9.59 Å². The number of ketones is 1. The molecule has 0 aromatic heterocycles. The van der Waals surface area contributed by atoms with Gasteiger partial charge in [0.15, 0.2) is 15.6 Å². The Morgan fingerprint density at radius 2 is 1.83 bits per heavy atom. The van der Waals surface area contributed by atoms with E-state index in [-0.39, 0.29) is 18.3 Å². The van der Waals surface area contributed by atoms with Gasteiger partial charge >= 0.3 is 5.97 Å².